The predicted octanol–water partition coefficient (Wildman–Crippen LogP) is 1.99. The second kappa shape index (κ2) is 6.23. The molecular weight excluding hydrogens is 351 g/mol. The summed E-state index contributed by atoms with van der Waals surface area (Å²) in [5.41, 5.74) is -0.136. The summed E-state index contributed by atoms with van der Waals surface area (Å²) in [7, 11) is 1.54. The minimum Gasteiger partial charge on any atom is -0.357 e. The van der Waals surface area contributed by atoms with Crippen molar-refractivity contribution in [1.29, 1.82) is 0 Å². The summed E-state index contributed by atoms with van der Waals surface area (Å²) in [6, 6.07) is 3.02. The molecular formula is C13H15BrF3N3O. The average Bonchev–Trinajstić information content (AvgIpc) is 2.45. The third kappa shape index (κ3) is 3.49. The summed E-state index contributed by atoms with van der Waals surface area (Å²) in [5, 5.41) is 5.68. The number of amides is 1. The van der Waals surface area contributed by atoms with E-state index in [1.165, 1.54) is 13.1 Å². The van der Waals surface area contributed by atoms with Crippen LogP contribution in [0.3, 0.4) is 0 Å². The second-order valence-electron chi connectivity index (χ2n) is 4.69. The molecule has 1 amide bonds. The number of halogens is 4. The number of benzene rings is 1. The van der Waals surface area contributed by atoms with Crippen LogP contribution in [0.1, 0.15) is 5.56 Å². The number of carbonyl (C=O) groups is 1. The van der Waals surface area contributed by atoms with Crippen LogP contribution in [0.15, 0.2) is 22.7 Å². The lowest BCUT2D eigenvalue weighted by atomic mass is 10.1. The number of anilines is 1. The molecule has 1 aromatic rings. The number of hydrogen-bond donors (Lipinski definition) is 2. The number of carbonyl (C=O) groups excluding carboxylic acids is 1. The van der Waals surface area contributed by atoms with Crippen LogP contribution in [0.2, 0.25) is 0 Å². The van der Waals surface area contributed by atoms with Crippen molar-refractivity contribution < 1.29 is 18.0 Å². The van der Waals surface area contributed by atoms with Gasteiger partial charge in [-0.25, -0.2) is 0 Å². The molecule has 0 aliphatic carbocycles. The molecule has 21 heavy (non-hydrogen) atoms. The lowest BCUT2D eigenvalue weighted by Gasteiger charge is -2.37. The van der Waals surface area contributed by atoms with E-state index in [-0.39, 0.29) is 5.91 Å². The highest BCUT2D eigenvalue weighted by Gasteiger charge is 2.33. The molecule has 4 nitrogen and oxygen atoms in total. The first-order chi connectivity index (χ1) is 9.84. The van der Waals surface area contributed by atoms with Crippen LogP contribution in [0.25, 0.3) is 0 Å². The molecule has 1 heterocycles. The number of alkyl halides is 3. The van der Waals surface area contributed by atoms with Crippen molar-refractivity contribution in [3.8, 4) is 0 Å². The van der Waals surface area contributed by atoms with Crippen molar-refractivity contribution in [2.75, 3.05) is 31.6 Å². The van der Waals surface area contributed by atoms with Crippen molar-refractivity contribution in [1.82, 2.24) is 10.6 Å². The van der Waals surface area contributed by atoms with Crippen molar-refractivity contribution in [2.45, 2.75) is 12.2 Å². The lowest BCUT2D eigenvalue weighted by Crippen LogP contribution is -2.57. The number of nitrogens with zero attached hydrogens (tertiary/aromatic N) is 1. The van der Waals surface area contributed by atoms with Gasteiger partial charge in [-0.1, -0.05) is 0 Å². The third-order valence-corrected chi connectivity index (χ3v) is 4.01. The first-order valence-electron chi connectivity index (χ1n) is 6.40. The molecule has 0 aromatic heterocycles. The Labute approximate surface area is 128 Å². The Balaban J connectivity index is 2.33. The number of rotatable bonds is 2. The van der Waals surface area contributed by atoms with Gasteiger partial charge in [-0.3, -0.25) is 4.79 Å². The zero-order valence-corrected chi connectivity index (χ0v) is 12.9. The first kappa shape index (κ1) is 16.1. The standard InChI is InChI=1S/C13H15BrF3N3O/c1-18-12(21)11-7-19-4-5-20(11)10-3-2-8(6-9(10)14)13(15,16)17/h2-3,6,11,19H,4-5,7H2,1H3,(H,18,21). The quantitative estimate of drug-likeness (QED) is 0.842. The maximum Gasteiger partial charge on any atom is 0.416 e. The van der Waals surface area contributed by atoms with E-state index in [2.05, 4.69) is 26.6 Å². The van der Waals surface area contributed by atoms with Crippen LogP contribution in [-0.2, 0) is 11.0 Å². The van der Waals surface area contributed by atoms with Gasteiger partial charge in [0.05, 0.1) is 11.3 Å². The zero-order chi connectivity index (χ0) is 15.6. The Morgan fingerprint density at radius 3 is 2.76 bits per heavy atom. The average molecular weight is 366 g/mol. The number of hydrogen-bond acceptors (Lipinski definition) is 3. The van der Waals surface area contributed by atoms with E-state index in [1.54, 1.807) is 4.90 Å². The largest absolute Gasteiger partial charge is 0.416 e. The summed E-state index contributed by atoms with van der Waals surface area (Å²) in [5.74, 6) is -0.172. The minimum atomic E-state index is -4.38. The van der Waals surface area contributed by atoms with Crippen molar-refractivity contribution in [3.63, 3.8) is 0 Å². The molecule has 1 aromatic carbocycles. The molecule has 2 rings (SSSR count). The number of likely N-dealkylation sites (N-methyl/N-ethyl adjacent to an activating group) is 1. The monoisotopic (exact) mass is 365 g/mol. The van der Waals surface area contributed by atoms with E-state index in [1.807, 2.05) is 0 Å². The Morgan fingerprint density at radius 2 is 2.19 bits per heavy atom. The summed E-state index contributed by atoms with van der Waals surface area (Å²) in [4.78, 5) is 13.7. The highest BCUT2D eigenvalue weighted by molar-refractivity contribution is 9.10. The van der Waals surface area contributed by atoms with Crippen LogP contribution in [-0.4, -0.2) is 38.6 Å². The molecule has 1 unspecified atom stereocenters. The third-order valence-electron chi connectivity index (χ3n) is 3.38. The van der Waals surface area contributed by atoms with E-state index in [0.717, 1.165) is 12.1 Å². The van der Waals surface area contributed by atoms with Crippen molar-refractivity contribution in [2.24, 2.45) is 0 Å². The highest BCUT2D eigenvalue weighted by atomic mass is 79.9. The topological polar surface area (TPSA) is 44.4 Å². The van der Waals surface area contributed by atoms with Crippen LogP contribution in [0, 0.1) is 0 Å². The van der Waals surface area contributed by atoms with E-state index in [4.69, 9.17) is 0 Å². The second-order valence-corrected chi connectivity index (χ2v) is 5.55. The fraction of sp³-hybridized carbons (Fsp3) is 0.462. The van der Waals surface area contributed by atoms with Gasteiger partial charge in [0.15, 0.2) is 0 Å². The Kier molecular flexibility index (Phi) is 4.77. The molecule has 1 atom stereocenters. The van der Waals surface area contributed by atoms with Gasteiger partial charge < -0.3 is 15.5 Å². The summed E-state index contributed by atoms with van der Waals surface area (Å²) < 4.78 is 38.4. The normalized spacial score (nSPS) is 19.5. The summed E-state index contributed by atoms with van der Waals surface area (Å²) in [6.45, 7) is 1.66. The van der Waals surface area contributed by atoms with Gasteiger partial charge in [0.25, 0.3) is 0 Å². The molecule has 1 fully saturated rings. The Hall–Kier alpha value is -1.28. The van der Waals surface area contributed by atoms with Gasteiger partial charge in [0.1, 0.15) is 6.04 Å². The van der Waals surface area contributed by atoms with Crippen molar-refractivity contribution in [3.05, 3.63) is 28.2 Å². The molecule has 116 valence electrons. The fourth-order valence-corrected chi connectivity index (χ4v) is 2.92. The van der Waals surface area contributed by atoms with Gasteiger partial charge in [0.2, 0.25) is 5.91 Å². The lowest BCUT2D eigenvalue weighted by molar-refractivity contribution is -0.137. The molecule has 0 saturated carbocycles. The molecule has 2 N–H and O–H groups in total. The van der Waals surface area contributed by atoms with Gasteiger partial charge in [0, 0.05) is 31.2 Å². The molecule has 8 heteroatoms. The van der Waals surface area contributed by atoms with E-state index in [9.17, 15) is 18.0 Å². The van der Waals surface area contributed by atoms with Gasteiger partial charge in [-0.15, -0.1) is 0 Å². The van der Waals surface area contributed by atoms with Crippen LogP contribution in [0.4, 0.5) is 18.9 Å². The summed E-state index contributed by atoms with van der Waals surface area (Å²) >= 11 is 3.18. The molecule has 1 saturated heterocycles. The first-order valence-corrected chi connectivity index (χ1v) is 7.19. The molecule has 0 radical (unpaired) electrons. The Morgan fingerprint density at radius 1 is 1.48 bits per heavy atom. The maximum atomic E-state index is 12.7. The number of nitrogens with one attached hydrogen (secondary N) is 2. The van der Waals surface area contributed by atoms with Gasteiger partial charge in [-0.05, 0) is 34.1 Å². The van der Waals surface area contributed by atoms with Crippen LogP contribution in [0.5, 0.6) is 0 Å². The maximum absolute atomic E-state index is 12.7. The Bertz CT molecular complexity index is 536. The van der Waals surface area contributed by atoms with Crippen LogP contribution < -0.4 is 15.5 Å². The molecule has 1 aliphatic rings. The fourth-order valence-electron chi connectivity index (χ4n) is 2.31. The van der Waals surface area contributed by atoms with E-state index >= 15 is 0 Å². The number of piperazine rings is 1. The molecule has 0 bridgehead atoms. The summed E-state index contributed by atoms with van der Waals surface area (Å²) in [6.07, 6.45) is -4.38. The highest BCUT2D eigenvalue weighted by Crippen LogP contribution is 2.36. The SMILES string of the molecule is CNC(=O)C1CNCCN1c1ccc(C(F)(F)F)cc1Br. The predicted molar refractivity (Wildman–Crippen MR) is 77.2 cm³/mol. The van der Waals surface area contributed by atoms with Gasteiger partial charge >= 0.3 is 6.18 Å². The van der Waals surface area contributed by atoms with E-state index < -0.39 is 17.8 Å². The zero-order valence-electron chi connectivity index (χ0n) is 11.3. The van der Waals surface area contributed by atoms with Crippen molar-refractivity contribution >= 4 is 27.5 Å². The molecule has 1 aliphatic heterocycles. The minimum absolute atomic E-state index is 0.172. The smallest absolute Gasteiger partial charge is 0.357 e. The molecule has 0 spiro atoms. The van der Waals surface area contributed by atoms with Gasteiger partial charge in [-0.2, -0.15) is 13.2 Å². The van der Waals surface area contributed by atoms with Crippen LogP contribution >= 0.6 is 15.9 Å². The van der Waals surface area contributed by atoms with E-state index in [0.29, 0.717) is 29.8 Å².